The minimum Gasteiger partial charge on any atom is -0.350 e. The highest BCUT2D eigenvalue weighted by Crippen LogP contribution is 2.42. The maximum atomic E-state index is 14.1. The number of carbonyl (C=O) groups is 3. The molecule has 0 aliphatic carbocycles. The Morgan fingerprint density at radius 3 is 2.55 bits per heavy atom. The van der Waals surface area contributed by atoms with E-state index in [1.165, 1.54) is 0 Å². The van der Waals surface area contributed by atoms with E-state index in [-0.39, 0.29) is 23.8 Å². The quantitative estimate of drug-likeness (QED) is 0.310. The van der Waals surface area contributed by atoms with Gasteiger partial charge in [0.15, 0.2) is 6.29 Å². The summed E-state index contributed by atoms with van der Waals surface area (Å²) in [6.07, 6.45) is 6.34. The van der Waals surface area contributed by atoms with Crippen LogP contribution < -0.4 is 5.48 Å². The van der Waals surface area contributed by atoms with Gasteiger partial charge in [-0.2, -0.15) is 0 Å². The van der Waals surface area contributed by atoms with Crippen molar-refractivity contribution in [3.63, 3.8) is 0 Å². The number of ether oxygens (including phenoxy) is 1. The van der Waals surface area contributed by atoms with E-state index < -0.39 is 18.4 Å². The number of para-hydroxylation sites is 1. The van der Waals surface area contributed by atoms with Crippen LogP contribution in [-0.2, 0) is 32.1 Å². The summed E-state index contributed by atoms with van der Waals surface area (Å²) in [6, 6.07) is 14.7. The monoisotopic (exact) mass is 600 g/mol. The molecule has 2 fully saturated rings. The van der Waals surface area contributed by atoms with Gasteiger partial charge in [0.05, 0.1) is 6.04 Å². The van der Waals surface area contributed by atoms with E-state index in [0.717, 1.165) is 66.2 Å². The zero-order chi connectivity index (χ0) is 30.8. The summed E-state index contributed by atoms with van der Waals surface area (Å²) in [5.41, 5.74) is 7.39. The molecule has 0 saturated carbocycles. The van der Waals surface area contributed by atoms with Crippen molar-refractivity contribution in [1.29, 1.82) is 0 Å². The summed E-state index contributed by atoms with van der Waals surface area (Å²) >= 11 is 0. The van der Waals surface area contributed by atoms with Crippen LogP contribution in [0, 0.1) is 0 Å². The van der Waals surface area contributed by atoms with Gasteiger partial charge >= 0.3 is 0 Å². The summed E-state index contributed by atoms with van der Waals surface area (Å²) in [4.78, 5) is 50.0. The average molecular weight is 601 g/mol. The zero-order valence-electron chi connectivity index (χ0n) is 26.1. The minimum absolute atomic E-state index is 0.0719. The Balaban J connectivity index is 1.28. The van der Waals surface area contributed by atoms with Crippen molar-refractivity contribution in [2.45, 2.75) is 103 Å². The van der Waals surface area contributed by atoms with Crippen molar-refractivity contribution in [3.8, 4) is 0 Å². The SMILES string of the molecule is CCCC[C@H]1C(=O)N2[C@H](Cc3c(n(Cc4ccc(C(=O)NOC5CCCCO5)cc4)c4ccccc34)[C@@H]2C)C(=O)N1CCC. The molecule has 3 amide bonds. The fourth-order valence-electron chi connectivity index (χ4n) is 7.26. The number of rotatable bonds is 10. The lowest BCUT2D eigenvalue weighted by Crippen LogP contribution is -2.66. The van der Waals surface area contributed by atoms with Gasteiger partial charge in [0.1, 0.15) is 12.1 Å². The number of benzene rings is 2. The molecule has 3 aliphatic heterocycles. The summed E-state index contributed by atoms with van der Waals surface area (Å²) in [6.45, 7) is 8.09. The summed E-state index contributed by atoms with van der Waals surface area (Å²) in [5.74, 6) is -0.158. The molecule has 1 unspecified atom stereocenters. The Morgan fingerprint density at radius 1 is 1.02 bits per heavy atom. The van der Waals surface area contributed by atoms with Crippen LogP contribution in [0.3, 0.4) is 0 Å². The molecule has 0 radical (unpaired) electrons. The van der Waals surface area contributed by atoms with Gasteiger partial charge in [-0.15, -0.1) is 0 Å². The molecule has 44 heavy (non-hydrogen) atoms. The van der Waals surface area contributed by atoms with Crippen LogP contribution in [0.1, 0.15) is 98.9 Å². The smallest absolute Gasteiger partial charge is 0.274 e. The zero-order valence-corrected chi connectivity index (χ0v) is 26.1. The predicted molar refractivity (Wildman–Crippen MR) is 168 cm³/mol. The number of nitrogens with zero attached hydrogens (tertiary/aromatic N) is 3. The van der Waals surface area contributed by atoms with E-state index in [2.05, 4.69) is 43.0 Å². The second-order valence-electron chi connectivity index (χ2n) is 12.3. The Hall–Kier alpha value is -3.69. The van der Waals surface area contributed by atoms with Gasteiger partial charge in [0.25, 0.3) is 5.91 Å². The highest BCUT2D eigenvalue weighted by atomic mass is 16.8. The fraction of sp³-hybridized carbons (Fsp3) is 0.514. The number of carbonyl (C=O) groups excluding carboxylic acids is 3. The maximum absolute atomic E-state index is 14.1. The standard InChI is InChI=1S/C35H44N4O5/c1-4-6-12-29-35(42)39-23(3)32-27(21-30(39)34(41)37(29)19-5-2)26-11-7-8-13-28(26)38(32)22-24-15-17-25(18-16-24)33(40)36-44-31-14-9-10-20-43-31/h7-8,11,13,15-18,23,29-31H,4-6,9-10,12,14,19-22H2,1-3H3,(H,36,40)/t23-,29-,30+,31?/m0/s1. The number of unbranched alkanes of at least 4 members (excludes halogenated alkanes) is 1. The molecule has 2 aromatic carbocycles. The molecule has 1 N–H and O–H groups in total. The number of fused-ring (bicyclic) bond motifs is 4. The maximum Gasteiger partial charge on any atom is 0.274 e. The van der Waals surface area contributed by atoms with Gasteiger partial charge in [-0.05, 0) is 61.9 Å². The number of hydrogen-bond acceptors (Lipinski definition) is 5. The van der Waals surface area contributed by atoms with Gasteiger partial charge in [0.2, 0.25) is 11.8 Å². The van der Waals surface area contributed by atoms with Crippen LogP contribution in [0.4, 0.5) is 0 Å². The van der Waals surface area contributed by atoms with Gasteiger partial charge in [-0.3, -0.25) is 14.4 Å². The van der Waals surface area contributed by atoms with Crippen molar-refractivity contribution >= 4 is 28.6 Å². The minimum atomic E-state index is -0.479. The molecule has 1 aromatic heterocycles. The van der Waals surface area contributed by atoms with Crippen LogP contribution in [-0.4, -0.2) is 63.6 Å². The molecule has 4 atom stereocenters. The Morgan fingerprint density at radius 2 is 1.82 bits per heavy atom. The Labute approximate surface area is 259 Å². The normalized spacial score (nSPS) is 23.5. The summed E-state index contributed by atoms with van der Waals surface area (Å²) in [5, 5.41) is 1.13. The van der Waals surface area contributed by atoms with Gasteiger partial charge in [-0.1, -0.05) is 57.0 Å². The molecule has 6 rings (SSSR count). The number of piperazine rings is 1. The van der Waals surface area contributed by atoms with Crippen LogP contribution in [0.25, 0.3) is 10.9 Å². The number of nitrogens with one attached hydrogen (secondary N) is 1. The summed E-state index contributed by atoms with van der Waals surface area (Å²) < 4.78 is 7.82. The number of amides is 3. The van der Waals surface area contributed by atoms with Crippen LogP contribution >= 0.6 is 0 Å². The molecule has 3 aliphatic rings. The molecule has 234 valence electrons. The second kappa shape index (κ2) is 13.1. The van der Waals surface area contributed by atoms with Crippen molar-refractivity contribution < 1.29 is 24.0 Å². The lowest BCUT2D eigenvalue weighted by molar-refractivity contribution is -0.186. The second-order valence-corrected chi connectivity index (χ2v) is 12.3. The van der Waals surface area contributed by atoms with Crippen molar-refractivity contribution in [2.75, 3.05) is 13.2 Å². The van der Waals surface area contributed by atoms with Crippen molar-refractivity contribution in [1.82, 2.24) is 19.8 Å². The topological polar surface area (TPSA) is 93.1 Å². The molecule has 2 saturated heterocycles. The van der Waals surface area contributed by atoms with Gasteiger partial charge in [-0.25, -0.2) is 10.3 Å². The predicted octanol–water partition coefficient (Wildman–Crippen LogP) is 5.50. The lowest BCUT2D eigenvalue weighted by atomic mass is 9.87. The number of hydrogen-bond donors (Lipinski definition) is 1. The lowest BCUT2D eigenvalue weighted by Gasteiger charge is -2.50. The molecule has 3 aromatic rings. The van der Waals surface area contributed by atoms with E-state index >= 15 is 0 Å². The first-order chi connectivity index (χ1) is 21.4. The van der Waals surface area contributed by atoms with Crippen LogP contribution in [0.15, 0.2) is 48.5 Å². The highest BCUT2D eigenvalue weighted by Gasteiger charge is 2.50. The first-order valence-electron chi connectivity index (χ1n) is 16.3. The number of hydroxylamine groups is 1. The van der Waals surface area contributed by atoms with E-state index in [0.29, 0.717) is 38.1 Å². The number of aromatic nitrogens is 1. The van der Waals surface area contributed by atoms with E-state index in [1.54, 1.807) is 12.1 Å². The van der Waals surface area contributed by atoms with E-state index in [1.807, 2.05) is 34.1 Å². The van der Waals surface area contributed by atoms with Crippen LogP contribution in [0.2, 0.25) is 0 Å². The third-order valence-electron chi connectivity index (χ3n) is 9.42. The molecular weight excluding hydrogens is 556 g/mol. The van der Waals surface area contributed by atoms with E-state index in [4.69, 9.17) is 9.57 Å². The molecule has 0 bridgehead atoms. The van der Waals surface area contributed by atoms with Crippen LogP contribution in [0.5, 0.6) is 0 Å². The molecule has 9 nitrogen and oxygen atoms in total. The fourth-order valence-corrected chi connectivity index (χ4v) is 7.26. The van der Waals surface area contributed by atoms with Crippen molar-refractivity contribution in [3.05, 3.63) is 70.9 Å². The average Bonchev–Trinajstić information content (AvgIpc) is 3.36. The third kappa shape index (κ3) is 5.63. The molecule has 0 spiro atoms. The highest BCUT2D eigenvalue weighted by molar-refractivity contribution is 5.99. The molecule has 9 heteroatoms. The first kappa shape index (κ1) is 30.3. The van der Waals surface area contributed by atoms with Crippen molar-refractivity contribution in [2.24, 2.45) is 0 Å². The largest absolute Gasteiger partial charge is 0.350 e. The molecular formula is C35H44N4O5. The summed E-state index contributed by atoms with van der Waals surface area (Å²) in [7, 11) is 0. The molecule has 4 heterocycles. The first-order valence-corrected chi connectivity index (χ1v) is 16.3. The van der Waals surface area contributed by atoms with Gasteiger partial charge in [0, 0.05) is 54.7 Å². The van der Waals surface area contributed by atoms with E-state index in [9.17, 15) is 14.4 Å². The van der Waals surface area contributed by atoms with Gasteiger partial charge < -0.3 is 19.1 Å². The Kier molecular flexibility index (Phi) is 9.05. The Bertz CT molecular complexity index is 1510. The third-order valence-corrected chi connectivity index (χ3v) is 9.42.